The van der Waals surface area contributed by atoms with E-state index >= 15 is 0 Å². The molecule has 2 bridgehead atoms. The van der Waals surface area contributed by atoms with Crippen molar-refractivity contribution in [3.05, 3.63) is 11.3 Å². The molecule has 2 saturated carbocycles. The van der Waals surface area contributed by atoms with E-state index in [4.69, 9.17) is 0 Å². The van der Waals surface area contributed by atoms with Crippen LogP contribution in [-0.4, -0.2) is 18.0 Å². The van der Waals surface area contributed by atoms with Gasteiger partial charge in [-0.25, -0.2) is 0 Å². The molecule has 126 valence electrons. The number of allylic oxidation sites excluding steroid dienone is 2. The molecule has 0 N–H and O–H groups in total. The molecule has 3 aliphatic rings. The quantitative estimate of drug-likeness (QED) is 0.658. The fraction of sp³-hybridized carbons (Fsp3) is 0.905. The van der Waals surface area contributed by atoms with E-state index in [0.717, 1.165) is 41.4 Å². The molecule has 1 heteroatoms. The van der Waals surface area contributed by atoms with Crippen LogP contribution in [0, 0.1) is 41.4 Å². The van der Waals surface area contributed by atoms with E-state index < -0.39 is 0 Å². The summed E-state index contributed by atoms with van der Waals surface area (Å²) in [6.07, 6.45) is 5.75. The van der Waals surface area contributed by atoms with E-state index in [-0.39, 0.29) is 0 Å². The molecule has 1 aliphatic heterocycles. The van der Waals surface area contributed by atoms with Gasteiger partial charge < -0.3 is 4.90 Å². The van der Waals surface area contributed by atoms with Crippen molar-refractivity contribution in [2.45, 2.75) is 67.2 Å². The number of hydrogen-bond acceptors (Lipinski definition) is 1. The highest BCUT2D eigenvalue weighted by Gasteiger charge is 2.49. The first-order chi connectivity index (χ1) is 10.5. The van der Waals surface area contributed by atoms with E-state index in [2.05, 4.69) is 46.4 Å². The summed E-state index contributed by atoms with van der Waals surface area (Å²) in [7, 11) is 0. The van der Waals surface area contributed by atoms with Crippen LogP contribution in [0.5, 0.6) is 0 Å². The van der Waals surface area contributed by atoms with Crippen molar-refractivity contribution in [1.82, 2.24) is 4.90 Å². The van der Waals surface area contributed by atoms with E-state index in [1.165, 1.54) is 38.8 Å². The van der Waals surface area contributed by atoms with Gasteiger partial charge in [-0.1, -0.05) is 39.7 Å². The molecule has 3 rings (SSSR count). The lowest BCUT2D eigenvalue weighted by Gasteiger charge is -2.32. The zero-order chi connectivity index (χ0) is 16.0. The topological polar surface area (TPSA) is 3.24 Å². The Kier molecular flexibility index (Phi) is 4.63. The molecule has 1 nitrogen and oxygen atoms in total. The van der Waals surface area contributed by atoms with E-state index in [1.54, 1.807) is 11.3 Å². The third-order valence-electron chi connectivity index (χ3n) is 7.59. The van der Waals surface area contributed by atoms with Gasteiger partial charge in [-0.05, 0) is 68.6 Å². The molecule has 6 unspecified atom stereocenters. The minimum atomic E-state index is 0.859. The standard InChI is InChI=1S/C21H37N/c1-7-18-11-19-10-17(9-13(18)3)12-22(8-2)21(16(19)6)20-14(4)15(20)5/h13-15,17-20H,7-12H2,1-6H3. The first-order valence-electron chi connectivity index (χ1n) is 9.93. The lowest BCUT2D eigenvalue weighted by atomic mass is 9.82. The molecule has 1 heterocycles. The Hall–Kier alpha value is -0.460. The first kappa shape index (κ1) is 16.4. The van der Waals surface area contributed by atoms with Crippen molar-refractivity contribution in [3.8, 4) is 0 Å². The van der Waals surface area contributed by atoms with Crippen LogP contribution in [0.3, 0.4) is 0 Å². The van der Waals surface area contributed by atoms with Gasteiger partial charge in [-0.15, -0.1) is 0 Å². The highest BCUT2D eigenvalue weighted by Crippen LogP contribution is 2.54. The van der Waals surface area contributed by atoms with Gasteiger partial charge in [0, 0.05) is 24.7 Å². The molecule has 0 aromatic rings. The highest BCUT2D eigenvalue weighted by atomic mass is 15.2. The third-order valence-corrected chi connectivity index (χ3v) is 7.59. The average Bonchev–Trinajstić information content (AvgIpc) is 3.15. The van der Waals surface area contributed by atoms with Crippen molar-refractivity contribution in [2.75, 3.05) is 13.1 Å². The van der Waals surface area contributed by atoms with E-state index in [1.807, 2.05) is 0 Å². The molecule has 0 spiro atoms. The predicted octanol–water partition coefficient (Wildman–Crippen LogP) is 5.58. The number of hydrogen-bond donors (Lipinski definition) is 0. The second-order valence-corrected chi connectivity index (χ2v) is 8.77. The SMILES string of the molecule is CCC1CC2CC(CC1C)CN(CC)C(C1C(C)C1C)=C2C. The van der Waals surface area contributed by atoms with Crippen LogP contribution in [0.2, 0.25) is 0 Å². The summed E-state index contributed by atoms with van der Waals surface area (Å²) in [6.45, 7) is 17.2. The number of fused-ring (bicyclic) bond motifs is 2. The summed E-state index contributed by atoms with van der Waals surface area (Å²) in [4.78, 5) is 2.78. The summed E-state index contributed by atoms with van der Waals surface area (Å²) >= 11 is 0. The van der Waals surface area contributed by atoms with Crippen LogP contribution in [0.25, 0.3) is 0 Å². The molecule has 22 heavy (non-hydrogen) atoms. The van der Waals surface area contributed by atoms with Crippen LogP contribution in [0.15, 0.2) is 11.3 Å². The number of rotatable bonds is 3. The molecule has 0 amide bonds. The van der Waals surface area contributed by atoms with Crippen LogP contribution in [0.1, 0.15) is 67.2 Å². The first-order valence-corrected chi connectivity index (χ1v) is 9.93. The third kappa shape index (κ3) is 2.74. The molecular formula is C21H37N. The van der Waals surface area contributed by atoms with Crippen LogP contribution >= 0.6 is 0 Å². The molecule has 2 aliphatic carbocycles. The lowest BCUT2D eigenvalue weighted by Crippen LogP contribution is -2.30. The van der Waals surface area contributed by atoms with Gasteiger partial charge in [0.05, 0.1) is 0 Å². The summed E-state index contributed by atoms with van der Waals surface area (Å²) in [5.41, 5.74) is 3.55. The maximum absolute atomic E-state index is 2.78. The molecule has 0 aromatic carbocycles. The Labute approximate surface area is 138 Å². The minimum Gasteiger partial charge on any atom is -0.375 e. The van der Waals surface area contributed by atoms with Gasteiger partial charge in [0.15, 0.2) is 0 Å². The molecule has 0 saturated heterocycles. The Morgan fingerprint density at radius 1 is 1.00 bits per heavy atom. The van der Waals surface area contributed by atoms with Crippen molar-refractivity contribution >= 4 is 0 Å². The van der Waals surface area contributed by atoms with E-state index in [0.29, 0.717) is 0 Å². The fourth-order valence-electron chi connectivity index (χ4n) is 5.78. The molecule has 2 fully saturated rings. The van der Waals surface area contributed by atoms with Crippen molar-refractivity contribution in [3.63, 3.8) is 0 Å². The van der Waals surface area contributed by atoms with Crippen molar-refractivity contribution < 1.29 is 0 Å². The van der Waals surface area contributed by atoms with Gasteiger partial charge in [0.2, 0.25) is 0 Å². The Balaban J connectivity index is 1.94. The molecule has 6 atom stereocenters. The van der Waals surface area contributed by atoms with Gasteiger partial charge in [-0.3, -0.25) is 0 Å². The van der Waals surface area contributed by atoms with Crippen molar-refractivity contribution in [2.24, 2.45) is 41.4 Å². The summed E-state index contributed by atoms with van der Waals surface area (Å²) in [6, 6.07) is 0. The van der Waals surface area contributed by atoms with Gasteiger partial charge in [-0.2, -0.15) is 0 Å². The van der Waals surface area contributed by atoms with Crippen LogP contribution in [0.4, 0.5) is 0 Å². The van der Waals surface area contributed by atoms with Gasteiger partial charge >= 0.3 is 0 Å². The smallest absolute Gasteiger partial charge is 0.0203 e. The minimum absolute atomic E-state index is 0.859. The monoisotopic (exact) mass is 303 g/mol. The molecule has 0 radical (unpaired) electrons. The largest absolute Gasteiger partial charge is 0.375 e. The van der Waals surface area contributed by atoms with Gasteiger partial charge in [0.1, 0.15) is 0 Å². The van der Waals surface area contributed by atoms with Crippen LogP contribution in [-0.2, 0) is 0 Å². The molecular weight excluding hydrogens is 266 g/mol. The fourth-order valence-corrected chi connectivity index (χ4v) is 5.78. The lowest BCUT2D eigenvalue weighted by molar-refractivity contribution is 0.238. The molecule has 0 aromatic heterocycles. The van der Waals surface area contributed by atoms with Crippen molar-refractivity contribution in [1.29, 1.82) is 0 Å². The normalized spacial score (nSPS) is 45.5. The summed E-state index contributed by atoms with van der Waals surface area (Å²) < 4.78 is 0. The predicted molar refractivity (Wildman–Crippen MR) is 95.5 cm³/mol. The Morgan fingerprint density at radius 2 is 1.68 bits per heavy atom. The summed E-state index contributed by atoms with van der Waals surface area (Å²) in [5, 5.41) is 0. The van der Waals surface area contributed by atoms with Gasteiger partial charge in [0.25, 0.3) is 0 Å². The zero-order valence-electron chi connectivity index (χ0n) is 15.7. The van der Waals surface area contributed by atoms with Crippen LogP contribution < -0.4 is 0 Å². The Bertz CT molecular complexity index is 429. The maximum atomic E-state index is 2.78. The average molecular weight is 304 g/mol. The maximum Gasteiger partial charge on any atom is 0.0203 e. The second-order valence-electron chi connectivity index (χ2n) is 8.77. The zero-order valence-corrected chi connectivity index (χ0v) is 15.7. The Morgan fingerprint density at radius 3 is 2.23 bits per heavy atom. The second kappa shape index (κ2) is 6.21. The van der Waals surface area contributed by atoms with E-state index in [9.17, 15) is 0 Å². The highest BCUT2D eigenvalue weighted by molar-refractivity contribution is 5.26. The summed E-state index contributed by atoms with van der Waals surface area (Å²) in [5.74, 6) is 6.33. The number of nitrogens with zero attached hydrogens (tertiary/aromatic N) is 1.